The predicted octanol–water partition coefficient (Wildman–Crippen LogP) is 3.13. The van der Waals surface area contributed by atoms with Gasteiger partial charge < -0.3 is 18.9 Å². The lowest BCUT2D eigenvalue weighted by Gasteiger charge is -2.28. The van der Waals surface area contributed by atoms with Crippen LogP contribution < -0.4 is 0 Å². The van der Waals surface area contributed by atoms with Crippen LogP contribution in [0.2, 0.25) is 0 Å². The fourth-order valence-corrected chi connectivity index (χ4v) is 3.34. The summed E-state index contributed by atoms with van der Waals surface area (Å²) < 4.78 is 21.7. The fourth-order valence-electron chi connectivity index (χ4n) is 3.34. The van der Waals surface area contributed by atoms with Crippen molar-refractivity contribution in [3.05, 3.63) is 71.8 Å². The zero-order valence-electron chi connectivity index (χ0n) is 16.5. The number of hydrogen-bond donors (Lipinski definition) is 0. The van der Waals surface area contributed by atoms with E-state index in [4.69, 9.17) is 18.9 Å². The van der Waals surface area contributed by atoms with Gasteiger partial charge in [0.2, 0.25) is 0 Å². The number of rotatable bonds is 7. The lowest BCUT2D eigenvalue weighted by Crippen LogP contribution is -2.47. The first-order chi connectivity index (χ1) is 14.1. The fraction of sp³-hybridized carbons (Fsp3) is 0.364. The average Bonchev–Trinajstić information content (AvgIpc) is 3.16. The van der Waals surface area contributed by atoms with Crippen molar-refractivity contribution in [2.75, 3.05) is 14.2 Å². The Kier molecular flexibility index (Phi) is 7.21. The topological polar surface area (TPSA) is 74.3 Å². The minimum Gasteiger partial charge on any atom is -0.459 e. The van der Waals surface area contributed by atoms with Crippen molar-refractivity contribution in [3.63, 3.8) is 0 Å². The molecule has 1 amide bonds. The van der Waals surface area contributed by atoms with Gasteiger partial charge in [0.05, 0.1) is 0 Å². The molecule has 1 fully saturated rings. The highest BCUT2D eigenvalue weighted by molar-refractivity contribution is 5.82. The van der Waals surface area contributed by atoms with E-state index in [1.807, 2.05) is 60.7 Å². The average molecular weight is 399 g/mol. The van der Waals surface area contributed by atoms with E-state index in [0.29, 0.717) is 0 Å². The highest BCUT2D eigenvalue weighted by atomic mass is 16.6. The van der Waals surface area contributed by atoms with E-state index in [1.54, 1.807) is 0 Å². The molecule has 7 heteroatoms. The summed E-state index contributed by atoms with van der Waals surface area (Å²) in [7, 11) is 2.98. The van der Waals surface area contributed by atoms with Crippen LogP contribution >= 0.6 is 0 Å². The Morgan fingerprint density at radius 3 is 1.93 bits per heavy atom. The quantitative estimate of drug-likeness (QED) is 0.666. The molecule has 0 unspecified atom stereocenters. The van der Waals surface area contributed by atoms with Crippen LogP contribution in [0.4, 0.5) is 4.79 Å². The van der Waals surface area contributed by atoms with Crippen LogP contribution in [0.1, 0.15) is 17.5 Å². The number of methoxy groups -OCH3 is 2. The predicted molar refractivity (Wildman–Crippen MR) is 105 cm³/mol. The Morgan fingerprint density at radius 2 is 1.41 bits per heavy atom. The van der Waals surface area contributed by atoms with E-state index in [1.165, 1.54) is 19.1 Å². The highest BCUT2D eigenvalue weighted by Gasteiger charge is 2.49. The summed E-state index contributed by atoms with van der Waals surface area (Å²) in [5, 5.41) is 0. The Balaban J connectivity index is 1.69. The molecule has 1 saturated heterocycles. The van der Waals surface area contributed by atoms with Gasteiger partial charge in [0.15, 0.2) is 6.23 Å². The van der Waals surface area contributed by atoms with Gasteiger partial charge in [-0.2, -0.15) is 0 Å². The number of ether oxygens (including phenoxy) is 4. The molecule has 154 valence electrons. The van der Waals surface area contributed by atoms with Crippen molar-refractivity contribution >= 4 is 12.1 Å². The van der Waals surface area contributed by atoms with Crippen LogP contribution in [0.15, 0.2) is 60.7 Å². The number of benzene rings is 2. The smallest absolute Gasteiger partial charge is 0.413 e. The minimum atomic E-state index is -0.850. The Hall–Kier alpha value is -2.90. The first-order valence-corrected chi connectivity index (χ1v) is 9.39. The monoisotopic (exact) mass is 399 g/mol. The van der Waals surface area contributed by atoms with Gasteiger partial charge in [-0.15, -0.1) is 0 Å². The number of nitrogens with zero attached hydrogens (tertiary/aromatic N) is 1. The Labute approximate surface area is 170 Å². The van der Waals surface area contributed by atoms with Crippen molar-refractivity contribution in [1.82, 2.24) is 4.90 Å². The van der Waals surface area contributed by atoms with Gasteiger partial charge in [0.1, 0.15) is 25.4 Å². The second kappa shape index (κ2) is 10.0. The van der Waals surface area contributed by atoms with Crippen LogP contribution in [0.25, 0.3) is 0 Å². The molecular weight excluding hydrogens is 374 g/mol. The molecule has 0 spiro atoms. The van der Waals surface area contributed by atoms with Crippen LogP contribution in [0, 0.1) is 0 Å². The second-order valence-electron chi connectivity index (χ2n) is 6.69. The number of likely N-dealkylation sites (tertiary alicyclic amines) is 1. The maximum atomic E-state index is 12.8. The molecule has 0 aromatic heterocycles. The summed E-state index contributed by atoms with van der Waals surface area (Å²) in [6.07, 6.45) is -1.58. The van der Waals surface area contributed by atoms with Crippen LogP contribution in [0.3, 0.4) is 0 Å². The van der Waals surface area contributed by atoms with Crippen molar-refractivity contribution in [2.24, 2.45) is 0 Å². The van der Waals surface area contributed by atoms with Crippen molar-refractivity contribution in [3.8, 4) is 0 Å². The van der Waals surface area contributed by atoms with E-state index < -0.39 is 30.4 Å². The molecule has 0 saturated carbocycles. The van der Waals surface area contributed by atoms with Gasteiger partial charge in [-0.05, 0) is 11.1 Å². The van der Waals surface area contributed by atoms with E-state index in [-0.39, 0.29) is 19.6 Å². The zero-order chi connectivity index (χ0) is 20.6. The van der Waals surface area contributed by atoms with E-state index in [9.17, 15) is 9.59 Å². The second-order valence-corrected chi connectivity index (χ2v) is 6.69. The summed E-state index contributed by atoms with van der Waals surface area (Å²) in [6.45, 7) is 0.217. The molecule has 3 atom stereocenters. The summed E-state index contributed by atoms with van der Waals surface area (Å²) in [4.78, 5) is 26.8. The molecule has 0 bridgehead atoms. The highest BCUT2D eigenvalue weighted by Crippen LogP contribution is 2.29. The maximum Gasteiger partial charge on any atom is 0.413 e. The SMILES string of the molecule is CO[C@H]1C[C@@H](C(=O)OCc2ccccc2)N(C(=O)OCc2ccccc2)[C@@H]1OC. The summed E-state index contributed by atoms with van der Waals surface area (Å²) in [5.74, 6) is -0.521. The molecule has 29 heavy (non-hydrogen) atoms. The number of esters is 1. The molecule has 7 nitrogen and oxygen atoms in total. The molecule has 0 aliphatic carbocycles. The van der Waals surface area contributed by atoms with Gasteiger partial charge in [0.25, 0.3) is 0 Å². The number of carbonyl (C=O) groups is 2. The molecule has 0 N–H and O–H groups in total. The molecule has 1 aliphatic rings. The largest absolute Gasteiger partial charge is 0.459 e. The molecule has 2 aromatic rings. The van der Waals surface area contributed by atoms with Gasteiger partial charge in [0, 0.05) is 20.6 Å². The van der Waals surface area contributed by atoms with Gasteiger partial charge >= 0.3 is 12.1 Å². The lowest BCUT2D eigenvalue weighted by molar-refractivity contribution is -0.152. The summed E-state index contributed by atoms with van der Waals surface area (Å²) in [6, 6.07) is 17.8. The standard InChI is InChI=1S/C22H25NO6/c1-26-19-13-18(21(24)28-14-16-9-5-3-6-10-16)23(20(19)27-2)22(25)29-15-17-11-7-4-8-12-17/h3-12,18-20H,13-15H2,1-2H3/t18-,19-,20+/m0/s1. The number of amides is 1. The summed E-state index contributed by atoms with van der Waals surface area (Å²) >= 11 is 0. The minimum absolute atomic E-state index is 0.0933. The number of hydrogen-bond acceptors (Lipinski definition) is 6. The third kappa shape index (κ3) is 5.13. The van der Waals surface area contributed by atoms with E-state index in [2.05, 4.69) is 0 Å². The first kappa shape index (κ1) is 20.8. The van der Waals surface area contributed by atoms with Gasteiger partial charge in [-0.3, -0.25) is 4.90 Å². The van der Waals surface area contributed by atoms with Gasteiger partial charge in [-0.25, -0.2) is 9.59 Å². The Bertz CT molecular complexity index is 797. The van der Waals surface area contributed by atoms with Gasteiger partial charge in [-0.1, -0.05) is 60.7 Å². The molecule has 1 aliphatic heterocycles. The normalized spacial score (nSPS) is 21.0. The third-order valence-electron chi connectivity index (χ3n) is 4.84. The van der Waals surface area contributed by atoms with E-state index in [0.717, 1.165) is 11.1 Å². The maximum absolute atomic E-state index is 12.8. The third-order valence-corrected chi connectivity index (χ3v) is 4.84. The zero-order valence-corrected chi connectivity index (χ0v) is 16.5. The van der Waals surface area contributed by atoms with Crippen LogP contribution in [-0.4, -0.2) is 49.6 Å². The molecule has 2 aromatic carbocycles. The molecule has 1 heterocycles. The summed E-state index contributed by atoms with van der Waals surface area (Å²) in [5.41, 5.74) is 1.71. The van der Waals surface area contributed by atoms with Crippen molar-refractivity contribution < 1.29 is 28.5 Å². The van der Waals surface area contributed by atoms with Crippen molar-refractivity contribution in [1.29, 1.82) is 0 Å². The van der Waals surface area contributed by atoms with Crippen LogP contribution in [-0.2, 0) is 37.0 Å². The first-order valence-electron chi connectivity index (χ1n) is 9.39. The molecule has 0 radical (unpaired) electrons. The number of carbonyl (C=O) groups excluding carboxylic acids is 2. The van der Waals surface area contributed by atoms with Crippen LogP contribution in [0.5, 0.6) is 0 Å². The Morgan fingerprint density at radius 1 is 0.862 bits per heavy atom. The molecule has 3 rings (SSSR count). The molecular formula is C22H25NO6. The van der Waals surface area contributed by atoms with Crippen molar-refractivity contribution in [2.45, 2.75) is 38.0 Å². The van der Waals surface area contributed by atoms with E-state index >= 15 is 0 Å². The lowest BCUT2D eigenvalue weighted by atomic mass is 10.2.